The monoisotopic (exact) mass is 208 g/mol. The Bertz CT molecular complexity index is 339. The fourth-order valence-electron chi connectivity index (χ4n) is 2.39. The van der Waals surface area contributed by atoms with Crippen LogP contribution in [0.5, 0.6) is 0 Å². The van der Waals surface area contributed by atoms with E-state index in [0.717, 1.165) is 5.02 Å². The normalized spacial score (nSPS) is 15.7. The van der Waals surface area contributed by atoms with Gasteiger partial charge in [0.2, 0.25) is 0 Å². The summed E-state index contributed by atoms with van der Waals surface area (Å²) in [5.41, 5.74) is 4.46. The molecule has 0 amide bonds. The average Bonchev–Trinajstić information content (AvgIpc) is 2.18. The summed E-state index contributed by atoms with van der Waals surface area (Å²) in [5.74, 6) is 0.624. The van der Waals surface area contributed by atoms with Crippen molar-refractivity contribution in [2.75, 3.05) is 0 Å². The van der Waals surface area contributed by atoms with Crippen molar-refractivity contribution in [3.05, 3.63) is 33.8 Å². The van der Waals surface area contributed by atoms with Crippen molar-refractivity contribution in [2.45, 2.75) is 45.4 Å². The standard InChI is InChI=1S/C13H17Cl/c1-9(2)10-7-8-13(14)12-6-4-3-5-11(10)12/h7-9H,3-6H2,1-2H3. The Hall–Kier alpha value is -0.490. The predicted octanol–water partition coefficient (Wildman–Crippen LogP) is 4.34. The lowest BCUT2D eigenvalue weighted by molar-refractivity contribution is 0.671. The number of rotatable bonds is 1. The van der Waals surface area contributed by atoms with Crippen LogP contribution >= 0.6 is 11.6 Å². The van der Waals surface area contributed by atoms with E-state index in [2.05, 4.69) is 26.0 Å². The number of hydrogen-bond donors (Lipinski definition) is 0. The van der Waals surface area contributed by atoms with Crippen molar-refractivity contribution < 1.29 is 0 Å². The highest BCUT2D eigenvalue weighted by Gasteiger charge is 2.17. The third kappa shape index (κ3) is 1.68. The first kappa shape index (κ1) is 10.0. The lowest BCUT2D eigenvalue weighted by Crippen LogP contribution is -2.08. The molecule has 0 atom stereocenters. The zero-order chi connectivity index (χ0) is 10.1. The van der Waals surface area contributed by atoms with Crippen LogP contribution in [0.25, 0.3) is 0 Å². The molecule has 0 saturated heterocycles. The van der Waals surface area contributed by atoms with Crippen LogP contribution in [-0.4, -0.2) is 0 Å². The van der Waals surface area contributed by atoms with Gasteiger partial charge in [0.25, 0.3) is 0 Å². The van der Waals surface area contributed by atoms with Gasteiger partial charge in [-0.2, -0.15) is 0 Å². The smallest absolute Gasteiger partial charge is 0.0440 e. The van der Waals surface area contributed by atoms with Gasteiger partial charge in [-0.3, -0.25) is 0 Å². The van der Waals surface area contributed by atoms with Crippen molar-refractivity contribution in [3.63, 3.8) is 0 Å². The summed E-state index contributed by atoms with van der Waals surface area (Å²) >= 11 is 6.22. The Balaban J connectivity index is 2.53. The zero-order valence-corrected chi connectivity index (χ0v) is 9.69. The molecule has 0 saturated carbocycles. The van der Waals surface area contributed by atoms with Crippen LogP contribution in [0.3, 0.4) is 0 Å². The summed E-state index contributed by atoms with van der Waals surface area (Å²) < 4.78 is 0. The SMILES string of the molecule is CC(C)c1ccc(Cl)c2c1CCCC2. The maximum absolute atomic E-state index is 6.22. The number of fused-ring (bicyclic) bond motifs is 1. The molecule has 1 aliphatic carbocycles. The molecule has 0 aromatic heterocycles. The van der Waals surface area contributed by atoms with E-state index in [9.17, 15) is 0 Å². The maximum atomic E-state index is 6.22. The van der Waals surface area contributed by atoms with Crippen LogP contribution < -0.4 is 0 Å². The fraction of sp³-hybridized carbons (Fsp3) is 0.538. The Morgan fingerprint density at radius 2 is 1.71 bits per heavy atom. The number of hydrogen-bond acceptors (Lipinski definition) is 0. The van der Waals surface area contributed by atoms with Gasteiger partial charge in [-0.15, -0.1) is 0 Å². The molecule has 1 aliphatic rings. The van der Waals surface area contributed by atoms with E-state index >= 15 is 0 Å². The number of halogens is 1. The van der Waals surface area contributed by atoms with Crippen LogP contribution in [0.15, 0.2) is 12.1 Å². The van der Waals surface area contributed by atoms with Gasteiger partial charge in [-0.25, -0.2) is 0 Å². The van der Waals surface area contributed by atoms with Crippen LogP contribution in [0.1, 0.15) is 49.3 Å². The zero-order valence-electron chi connectivity index (χ0n) is 8.94. The lowest BCUT2D eigenvalue weighted by atomic mass is 9.85. The van der Waals surface area contributed by atoms with Crippen molar-refractivity contribution in [3.8, 4) is 0 Å². The van der Waals surface area contributed by atoms with E-state index in [-0.39, 0.29) is 0 Å². The summed E-state index contributed by atoms with van der Waals surface area (Å²) in [6.07, 6.45) is 5.03. The van der Waals surface area contributed by atoms with E-state index < -0.39 is 0 Å². The third-order valence-electron chi connectivity index (χ3n) is 3.14. The van der Waals surface area contributed by atoms with Gasteiger partial charge in [0.15, 0.2) is 0 Å². The molecule has 0 N–H and O–H groups in total. The summed E-state index contributed by atoms with van der Waals surface area (Å²) in [6.45, 7) is 4.52. The molecule has 0 fully saturated rings. The second-order valence-electron chi connectivity index (χ2n) is 4.46. The fourth-order valence-corrected chi connectivity index (χ4v) is 2.66. The van der Waals surface area contributed by atoms with Crippen LogP contribution in [0.2, 0.25) is 5.02 Å². The Labute approximate surface area is 91.3 Å². The van der Waals surface area contributed by atoms with Crippen molar-refractivity contribution in [1.82, 2.24) is 0 Å². The van der Waals surface area contributed by atoms with E-state index in [1.54, 1.807) is 5.56 Å². The first-order chi connectivity index (χ1) is 6.70. The Morgan fingerprint density at radius 3 is 2.36 bits per heavy atom. The summed E-state index contributed by atoms with van der Waals surface area (Å²) in [6, 6.07) is 4.28. The van der Waals surface area contributed by atoms with Crippen molar-refractivity contribution >= 4 is 11.6 Å². The molecule has 0 bridgehead atoms. The summed E-state index contributed by atoms with van der Waals surface area (Å²) in [7, 11) is 0. The molecule has 0 unspecified atom stereocenters. The van der Waals surface area contributed by atoms with E-state index in [1.165, 1.54) is 36.8 Å². The average molecular weight is 209 g/mol. The largest absolute Gasteiger partial charge is 0.0840 e. The van der Waals surface area contributed by atoms with Gasteiger partial charge in [0.05, 0.1) is 0 Å². The minimum Gasteiger partial charge on any atom is -0.0840 e. The van der Waals surface area contributed by atoms with E-state index in [0.29, 0.717) is 5.92 Å². The molecule has 0 spiro atoms. The van der Waals surface area contributed by atoms with Gasteiger partial charge < -0.3 is 0 Å². The second-order valence-corrected chi connectivity index (χ2v) is 4.86. The highest BCUT2D eigenvalue weighted by molar-refractivity contribution is 6.31. The molecule has 2 rings (SSSR count). The molecule has 14 heavy (non-hydrogen) atoms. The molecule has 0 nitrogen and oxygen atoms in total. The third-order valence-corrected chi connectivity index (χ3v) is 3.49. The van der Waals surface area contributed by atoms with Crippen LogP contribution in [-0.2, 0) is 12.8 Å². The van der Waals surface area contributed by atoms with Crippen LogP contribution in [0, 0.1) is 0 Å². The highest BCUT2D eigenvalue weighted by Crippen LogP contribution is 2.33. The van der Waals surface area contributed by atoms with Crippen LogP contribution in [0.4, 0.5) is 0 Å². The van der Waals surface area contributed by atoms with E-state index in [1.807, 2.05) is 0 Å². The Morgan fingerprint density at radius 1 is 1.07 bits per heavy atom. The molecule has 1 heteroatoms. The quantitative estimate of drug-likeness (QED) is 0.644. The molecule has 1 aromatic carbocycles. The number of benzene rings is 1. The highest BCUT2D eigenvalue weighted by atomic mass is 35.5. The van der Waals surface area contributed by atoms with Gasteiger partial charge in [-0.05, 0) is 54.4 Å². The molecular formula is C13H17Cl. The second kappa shape index (κ2) is 3.94. The first-order valence-electron chi connectivity index (χ1n) is 5.50. The molecule has 0 radical (unpaired) electrons. The van der Waals surface area contributed by atoms with Gasteiger partial charge >= 0.3 is 0 Å². The lowest BCUT2D eigenvalue weighted by Gasteiger charge is -2.22. The van der Waals surface area contributed by atoms with Crippen molar-refractivity contribution in [2.24, 2.45) is 0 Å². The van der Waals surface area contributed by atoms with Crippen molar-refractivity contribution in [1.29, 1.82) is 0 Å². The van der Waals surface area contributed by atoms with Gasteiger partial charge in [0, 0.05) is 5.02 Å². The molecular weight excluding hydrogens is 192 g/mol. The minimum absolute atomic E-state index is 0.624. The van der Waals surface area contributed by atoms with E-state index in [4.69, 9.17) is 11.6 Å². The molecule has 1 aromatic rings. The maximum Gasteiger partial charge on any atom is 0.0440 e. The summed E-state index contributed by atoms with van der Waals surface area (Å²) in [4.78, 5) is 0. The molecule has 0 aliphatic heterocycles. The molecule has 76 valence electrons. The first-order valence-corrected chi connectivity index (χ1v) is 5.88. The predicted molar refractivity (Wildman–Crippen MR) is 62.2 cm³/mol. The molecule has 0 heterocycles. The van der Waals surface area contributed by atoms with Gasteiger partial charge in [0.1, 0.15) is 0 Å². The minimum atomic E-state index is 0.624. The Kier molecular flexibility index (Phi) is 2.83. The van der Waals surface area contributed by atoms with Gasteiger partial charge in [-0.1, -0.05) is 31.5 Å². The summed E-state index contributed by atoms with van der Waals surface area (Å²) in [5, 5.41) is 0.976. The topological polar surface area (TPSA) is 0 Å².